The molecule has 2 atom stereocenters. The van der Waals surface area contributed by atoms with Crippen molar-refractivity contribution in [3.05, 3.63) is 64.2 Å². The molecule has 2 aromatic rings. The maximum absolute atomic E-state index is 13.7. The molecule has 0 aliphatic carbocycles. The molecule has 0 bridgehead atoms. The Balaban J connectivity index is 1.98. The quantitative estimate of drug-likeness (QED) is 0.196. The molecule has 0 saturated heterocycles. The number of benzene rings is 2. The largest absolute Gasteiger partial charge is 0.494 e. The normalized spacial score (nSPS) is 15.6. The molecule has 1 unspecified atom stereocenters. The van der Waals surface area contributed by atoms with Gasteiger partial charge in [-0.25, -0.2) is 0 Å². The Bertz CT molecular complexity index is 1390. The highest BCUT2D eigenvalue weighted by Crippen LogP contribution is 2.36. The van der Waals surface area contributed by atoms with Gasteiger partial charge >= 0.3 is 5.97 Å². The van der Waals surface area contributed by atoms with E-state index >= 15 is 0 Å². The minimum Gasteiger partial charge on any atom is -0.494 e. The number of aliphatic hydroxyl groups is 1. The Morgan fingerprint density at radius 3 is 2.34 bits per heavy atom. The number of ketones is 1. The predicted octanol–water partition coefficient (Wildman–Crippen LogP) is 1.89. The Kier molecular flexibility index (Phi) is 10.6. The summed E-state index contributed by atoms with van der Waals surface area (Å²) in [5, 5.41) is 21.0. The van der Waals surface area contributed by atoms with Gasteiger partial charge in [0.05, 0.1) is 46.9 Å². The number of allylic oxidation sites excluding steroid dienone is 1. The monoisotopic (exact) mass is 605 g/mol. The van der Waals surface area contributed by atoms with E-state index < -0.39 is 61.0 Å². The van der Waals surface area contributed by atoms with Crippen molar-refractivity contribution in [2.45, 2.75) is 12.5 Å². The molecule has 3 rings (SSSR count). The van der Waals surface area contributed by atoms with Crippen LogP contribution >= 0.6 is 23.2 Å². The highest BCUT2D eigenvalue weighted by Gasteiger charge is 2.36. The number of carbonyl (C=O) groups excluding carboxylic acids is 5. The number of aldehydes is 1. The van der Waals surface area contributed by atoms with Crippen LogP contribution in [0.25, 0.3) is 0 Å². The number of ether oxygens (including phenoxy) is 1. The van der Waals surface area contributed by atoms with Crippen molar-refractivity contribution in [1.82, 2.24) is 5.32 Å². The first-order chi connectivity index (χ1) is 19.5. The van der Waals surface area contributed by atoms with Crippen LogP contribution in [0.3, 0.4) is 0 Å². The number of nitrogens with zero attached hydrogens (tertiary/aromatic N) is 2. The highest BCUT2D eigenvalue weighted by molar-refractivity contribution is 6.37. The summed E-state index contributed by atoms with van der Waals surface area (Å²) in [7, 11) is 1.36. The lowest BCUT2D eigenvalue weighted by molar-refractivity contribution is -0.139. The summed E-state index contributed by atoms with van der Waals surface area (Å²) in [5.41, 5.74) is 0.451. The van der Waals surface area contributed by atoms with Gasteiger partial charge in [0, 0.05) is 12.1 Å². The van der Waals surface area contributed by atoms with Crippen molar-refractivity contribution < 1.29 is 43.7 Å². The number of anilines is 2. The Morgan fingerprint density at radius 2 is 1.78 bits per heavy atom. The number of amides is 3. The summed E-state index contributed by atoms with van der Waals surface area (Å²) in [6.07, 6.45) is 1.96. The number of rotatable bonds is 11. The van der Waals surface area contributed by atoms with Crippen LogP contribution in [0.4, 0.5) is 11.4 Å². The van der Waals surface area contributed by atoms with E-state index in [4.69, 9.17) is 33.0 Å². The van der Waals surface area contributed by atoms with Crippen molar-refractivity contribution in [3.8, 4) is 5.75 Å². The molecule has 2 aromatic carbocycles. The Hall–Kier alpha value is -4.26. The smallest absolute Gasteiger partial charge is 0.305 e. The van der Waals surface area contributed by atoms with Crippen LogP contribution in [0.1, 0.15) is 16.8 Å². The first-order valence-corrected chi connectivity index (χ1v) is 12.8. The molecule has 41 heavy (non-hydrogen) atoms. The zero-order valence-corrected chi connectivity index (χ0v) is 23.1. The summed E-state index contributed by atoms with van der Waals surface area (Å²) < 4.78 is 5.08. The average Bonchev–Trinajstić information content (AvgIpc) is 3.05. The molecule has 0 saturated carbocycles. The van der Waals surface area contributed by atoms with Gasteiger partial charge in [-0.15, -0.1) is 0 Å². The maximum Gasteiger partial charge on any atom is 0.305 e. The fraction of sp³-hybridized carbons (Fsp3) is 0.259. The van der Waals surface area contributed by atoms with Gasteiger partial charge in [-0.1, -0.05) is 41.4 Å². The number of hydrogen-bond donors (Lipinski definition) is 3. The van der Waals surface area contributed by atoms with Gasteiger partial charge in [0.2, 0.25) is 11.8 Å². The van der Waals surface area contributed by atoms with E-state index in [2.05, 4.69) is 5.32 Å². The second-order valence-electron chi connectivity index (χ2n) is 8.79. The van der Waals surface area contributed by atoms with Gasteiger partial charge in [0.25, 0.3) is 5.91 Å². The van der Waals surface area contributed by atoms with Gasteiger partial charge in [-0.2, -0.15) is 0 Å². The van der Waals surface area contributed by atoms with Crippen molar-refractivity contribution in [2.75, 3.05) is 36.6 Å². The topological polar surface area (TPSA) is 171 Å². The molecule has 3 N–H and O–H groups in total. The molecule has 0 spiro atoms. The number of hydrogen-bond acceptors (Lipinski definition) is 8. The summed E-state index contributed by atoms with van der Waals surface area (Å²) in [6, 6.07) is 7.48. The molecular weight excluding hydrogens is 581 g/mol. The third kappa shape index (κ3) is 7.48. The summed E-state index contributed by atoms with van der Waals surface area (Å²) >= 11 is 12.3. The molecule has 0 radical (unpaired) electrons. The number of fused-ring (bicyclic) bond motifs is 1. The number of carboxylic acid groups (broad SMARTS) is 1. The lowest BCUT2D eigenvalue weighted by Gasteiger charge is -2.25. The lowest BCUT2D eigenvalue weighted by atomic mass is 10.0. The number of nitrogens with one attached hydrogen (secondary N) is 1. The van der Waals surface area contributed by atoms with E-state index in [9.17, 15) is 33.9 Å². The first kappa shape index (κ1) is 31.3. The predicted molar refractivity (Wildman–Crippen MR) is 148 cm³/mol. The first-order valence-electron chi connectivity index (χ1n) is 12.0. The van der Waals surface area contributed by atoms with Crippen LogP contribution in [0.2, 0.25) is 10.0 Å². The summed E-state index contributed by atoms with van der Waals surface area (Å²) in [5.74, 6) is -5.13. The number of aliphatic hydroxyl groups excluding tert-OH is 1. The van der Waals surface area contributed by atoms with Crippen LogP contribution in [0, 0.1) is 5.92 Å². The number of para-hydroxylation sites is 2. The molecule has 1 aliphatic heterocycles. The summed E-state index contributed by atoms with van der Waals surface area (Å²) in [6.45, 7) is -1.79. The second-order valence-corrected chi connectivity index (χ2v) is 9.60. The SMILES string of the molecule is COc1c(Cl)cc(C(=O)/C=C/C2CN(C(=O)CO)c3ccccc3N(CC(=O)N[C@H](C=O)CC(=O)O)C2=O)cc1Cl. The third-order valence-corrected chi connectivity index (χ3v) is 6.60. The molecular formula is C27H25Cl2N3O9. The number of aliphatic carboxylic acids is 1. The van der Waals surface area contributed by atoms with Gasteiger partial charge in [-0.05, 0) is 30.3 Å². The van der Waals surface area contributed by atoms with Crippen LogP contribution in [-0.4, -0.2) is 78.8 Å². The van der Waals surface area contributed by atoms with Crippen molar-refractivity contribution in [1.29, 1.82) is 0 Å². The van der Waals surface area contributed by atoms with E-state index in [-0.39, 0.29) is 45.6 Å². The fourth-order valence-corrected chi connectivity index (χ4v) is 4.80. The Morgan fingerprint density at radius 1 is 1.15 bits per heavy atom. The third-order valence-electron chi connectivity index (χ3n) is 6.04. The van der Waals surface area contributed by atoms with Gasteiger partial charge in [0.15, 0.2) is 11.5 Å². The van der Waals surface area contributed by atoms with Crippen LogP contribution in [-0.2, 0) is 24.0 Å². The van der Waals surface area contributed by atoms with Crippen LogP contribution in [0.15, 0.2) is 48.6 Å². The maximum atomic E-state index is 13.7. The van der Waals surface area contributed by atoms with Gasteiger partial charge in [-0.3, -0.25) is 24.0 Å². The zero-order chi connectivity index (χ0) is 30.3. The number of carboxylic acids is 1. The minimum atomic E-state index is -1.33. The minimum absolute atomic E-state index is 0.0890. The summed E-state index contributed by atoms with van der Waals surface area (Å²) in [4.78, 5) is 76.6. The van der Waals surface area contributed by atoms with E-state index in [1.165, 1.54) is 37.5 Å². The Labute approximate surface area is 244 Å². The van der Waals surface area contributed by atoms with E-state index in [1.54, 1.807) is 12.1 Å². The molecule has 0 fully saturated rings. The van der Waals surface area contributed by atoms with E-state index in [0.29, 0.717) is 0 Å². The molecule has 0 aromatic heterocycles. The number of carbonyl (C=O) groups is 6. The molecule has 1 heterocycles. The van der Waals surface area contributed by atoms with Gasteiger partial charge in [0.1, 0.15) is 19.4 Å². The lowest BCUT2D eigenvalue weighted by Crippen LogP contribution is -2.47. The van der Waals surface area contributed by atoms with Crippen molar-refractivity contribution >= 4 is 70.3 Å². The van der Waals surface area contributed by atoms with Gasteiger partial charge < -0.3 is 34.9 Å². The van der Waals surface area contributed by atoms with Crippen LogP contribution < -0.4 is 19.9 Å². The average molecular weight is 606 g/mol. The fourth-order valence-electron chi connectivity index (χ4n) is 4.15. The molecule has 1 aliphatic rings. The molecule has 216 valence electrons. The second kappa shape index (κ2) is 13.9. The van der Waals surface area contributed by atoms with E-state index in [1.807, 2.05) is 0 Å². The standard InChI is InChI=1S/C27H25Cl2N3O9/c1-41-26-18(28)8-16(9-19(26)29)22(35)7-6-15-11-31(24(37)14-34)20-4-2-3-5-21(20)32(27(15)40)12-23(36)30-17(13-33)10-25(38)39/h2-9,13,15,17,34H,10-12,14H2,1H3,(H,30,36)(H,38,39)/b7-6+/t15?,17-/m0/s1. The van der Waals surface area contributed by atoms with Crippen molar-refractivity contribution in [2.24, 2.45) is 5.92 Å². The van der Waals surface area contributed by atoms with Crippen LogP contribution in [0.5, 0.6) is 5.75 Å². The molecule has 3 amide bonds. The molecule has 14 heteroatoms. The number of halogens is 2. The highest BCUT2D eigenvalue weighted by atomic mass is 35.5. The zero-order valence-electron chi connectivity index (χ0n) is 21.6. The number of methoxy groups -OCH3 is 1. The van der Waals surface area contributed by atoms with E-state index in [0.717, 1.165) is 15.9 Å². The molecule has 12 nitrogen and oxygen atoms in total. The van der Waals surface area contributed by atoms with Crippen molar-refractivity contribution in [3.63, 3.8) is 0 Å².